The van der Waals surface area contributed by atoms with Crippen LogP contribution in [0.3, 0.4) is 0 Å². The second-order valence-corrected chi connectivity index (χ2v) is 8.19. The summed E-state index contributed by atoms with van der Waals surface area (Å²) in [5.74, 6) is -0.178. The Hall–Kier alpha value is -3.45. The number of aromatic nitrogens is 1. The summed E-state index contributed by atoms with van der Waals surface area (Å²) in [4.78, 5) is 27.7. The van der Waals surface area contributed by atoms with Crippen LogP contribution in [-0.2, 0) is 11.2 Å². The Kier molecular flexibility index (Phi) is 7.78. The van der Waals surface area contributed by atoms with E-state index in [-0.39, 0.29) is 11.6 Å². The first-order valence-corrected chi connectivity index (χ1v) is 10.6. The maximum atomic E-state index is 12.9. The van der Waals surface area contributed by atoms with Crippen molar-refractivity contribution in [2.45, 2.75) is 26.3 Å². The Balaban J connectivity index is 1.73. The molecule has 0 aliphatic carbocycles. The molecule has 0 bridgehead atoms. The molecule has 0 spiro atoms. The number of likely N-dealkylation sites (N-methyl/N-ethyl adjacent to an activating group) is 1. The van der Waals surface area contributed by atoms with Gasteiger partial charge >= 0.3 is 0 Å². The highest BCUT2D eigenvalue weighted by molar-refractivity contribution is 5.96. The van der Waals surface area contributed by atoms with Gasteiger partial charge in [-0.15, -0.1) is 0 Å². The molecule has 1 aromatic heterocycles. The Labute approximate surface area is 188 Å². The molecule has 2 N–H and O–H groups in total. The first-order valence-electron chi connectivity index (χ1n) is 10.6. The lowest BCUT2D eigenvalue weighted by Crippen LogP contribution is -2.49. The van der Waals surface area contributed by atoms with Gasteiger partial charge in [0.2, 0.25) is 5.91 Å². The van der Waals surface area contributed by atoms with Gasteiger partial charge in [0, 0.05) is 31.1 Å². The Bertz CT molecular complexity index is 1060. The van der Waals surface area contributed by atoms with Crippen LogP contribution >= 0.6 is 0 Å². The minimum absolute atomic E-state index is 0.136. The molecule has 1 atom stereocenters. The van der Waals surface area contributed by atoms with Crippen LogP contribution < -0.4 is 10.6 Å². The molecule has 0 aliphatic heterocycles. The van der Waals surface area contributed by atoms with Crippen molar-refractivity contribution < 1.29 is 14.1 Å². The largest absolute Gasteiger partial charge is 0.355 e. The predicted octanol–water partition coefficient (Wildman–Crippen LogP) is 2.98. The molecule has 2 aromatic carbocycles. The molecule has 0 fully saturated rings. The summed E-state index contributed by atoms with van der Waals surface area (Å²) in [5, 5.41) is 9.64. The molecule has 0 saturated carbocycles. The van der Waals surface area contributed by atoms with E-state index in [1.807, 2.05) is 81.4 Å². The van der Waals surface area contributed by atoms with E-state index >= 15 is 0 Å². The molecule has 32 heavy (non-hydrogen) atoms. The summed E-state index contributed by atoms with van der Waals surface area (Å²) in [5.41, 5.74) is 4.24. The third-order valence-electron chi connectivity index (χ3n) is 5.30. The zero-order valence-corrected chi connectivity index (χ0v) is 19.0. The topological polar surface area (TPSA) is 87.5 Å². The van der Waals surface area contributed by atoms with Crippen LogP contribution in [0.1, 0.15) is 27.2 Å². The van der Waals surface area contributed by atoms with Crippen molar-refractivity contribution in [3.63, 3.8) is 0 Å². The fraction of sp³-hybridized carbons (Fsp3) is 0.320. The number of benzene rings is 2. The van der Waals surface area contributed by atoms with Crippen molar-refractivity contribution in [2.24, 2.45) is 0 Å². The van der Waals surface area contributed by atoms with Crippen LogP contribution in [0.25, 0.3) is 11.3 Å². The number of nitrogens with one attached hydrogen (secondary N) is 2. The SMILES string of the molecule is Cc1ccc(-c2cc(C(=O)N[C@@H](Cc3ccccc3)C(=O)NCCN(C)C)no2)cc1C. The summed E-state index contributed by atoms with van der Waals surface area (Å²) >= 11 is 0. The van der Waals surface area contributed by atoms with E-state index < -0.39 is 11.9 Å². The molecule has 0 unspecified atom stereocenters. The summed E-state index contributed by atoms with van der Waals surface area (Å²) in [6, 6.07) is 16.4. The molecule has 3 rings (SSSR count). The molecule has 0 aliphatic rings. The number of nitrogens with zero attached hydrogens (tertiary/aromatic N) is 2. The molecule has 168 valence electrons. The van der Waals surface area contributed by atoms with Crippen molar-refractivity contribution in [3.8, 4) is 11.3 Å². The van der Waals surface area contributed by atoms with Gasteiger partial charge < -0.3 is 20.1 Å². The smallest absolute Gasteiger partial charge is 0.274 e. The first kappa shape index (κ1) is 23.2. The van der Waals surface area contributed by atoms with Gasteiger partial charge in [0.1, 0.15) is 6.04 Å². The normalized spacial score (nSPS) is 11.9. The second kappa shape index (κ2) is 10.7. The van der Waals surface area contributed by atoms with Gasteiger partial charge in [0.15, 0.2) is 11.5 Å². The third kappa shape index (κ3) is 6.28. The maximum Gasteiger partial charge on any atom is 0.274 e. The molecular weight excluding hydrogens is 404 g/mol. The van der Waals surface area contributed by atoms with E-state index in [1.165, 1.54) is 5.56 Å². The number of hydrogen-bond acceptors (Lipinski definition) is 5. The van der Waals surface area contributed by atoms with Crippen LogP contribution in [0, 0.1) is 13.8 Å². The highest BCUT2D eigenvalue weighted by Gasteiger charge is 2.24. The Morgan fingerprint density at radius 2 is 1.78 bits per heavy atom. The van der Waals surface area contributed by atoms with E-state index in [0.717, 1.165) is 16.7 Å². The van der Waals surface area contributed by atoms with Crippen molar-refractivity contribution in [3.05, 3.63) is 77.0 Å². The van der Waals surface area contributed by atoms with Gasteiger partial charge in [-0.2, -0.15) is 0 Å². The standard InChI is InChI=1S/C25H30N4O3/c1-17-10-11-20(14-18(17)2)23-16-22(28-32-23)25(31)27-21(15-19-8-6-5-7-9-19)24(30)26-12-13-29(3)4/h5-11,14,16,21H,12-13,15H2,1-4H3,(H,26,30)(H,27,31)/t21-/m0/s1. The van der Waals surface area contributed by atoms with E-state index in [2.05, 4.69) is 15.8 Å². The third-order valence-corrected chi connectivity index (χ3v) is 5.30. The zero-order valence-electron chi connectivity index (χ0n) is 19.0. The van der Waals surface area contributed by atoms with Crippen molar-refractivity contribution >= 4 is 11.8 Å². The lowest BCUT2D eigenvalue weighted by molar-refractivity contribution is -0.123. The summed E-state index contributed by atoms with van der Waals surface area (Å²) in [6.45, 7) is 5.26. The number of rotatable bonds is 9. The quantitative estimate of drug-likeness (QED) is 0.541. The number of carbonyl (C=O) groups is 2. The van der Waals surface area contributed by atoms with Crippen molar-refractivity contribution in [1.82, 2.24) is 20.7 Å². The fourth-order valence-electron chi connectivity index (χ4n) is 3.23. The number of hydrogen-bond donors (Lipinski definition) is 2. The summed E-state index contributed by atoms with van der Waals surface area (Å²) in [7, 11) is 3.88. The van der Waals surface area contributed by atoms with Crippen LogP contribution in [0.2, 0.25) is 0 Å². The second-order valence-electron chi connectivity index (χ2n) is 8.19. The lowest BCUT2D eigenvalue weighted by atomic mass is 10.0. The average Bonchev–Trinajstić information content (AvgIpc) is 3.26. The fourth-order valence-corrected chi connectivity index (χ4v) is 3.23. The molecule has 7 heteroatoms. The van der Waals surface area contributed by atoms with Crippen LogP contribution in [0.4, 0.5) is 0 Å². The highest BCUT2D eigenvalue weighted by atomic mass is 16.5. The molecule has 0 radical (unpaired) electrons. The zero-order chi connectivity index (χ0) is 23.1. The number of aryl methyl sites for hydroxylation is 2. The minimum Gasteiger partial charge on any atom is -0.355 e. The van der Waals surface area contributed by atoms with Gasteiger partial charge in [-0.1, -0.05) is 47.6 Å². The molecule has 2 amide bonds. The number of carbonyl (C=O) groups excluding carboxylic acids is 2. The Morgan fingerprint density at radius 3 is 2.47 bits per heavy atom. The van der Waals surface area contributed by atoms with Gasteiger partial charge in [0.25, 0.3) is 5.91 Å². The van der Waals surface area contributed by atoms with Crippen LogP contribution in [-0.4, -0.2) is 55.1 Å². The highest BCUT2D eigenvalue weighted by Crippen LogP contribution is 2.23. The average molecular weight is 435 g/mol. The van der Waals surface area contributed by atoms with Gasteiger partial charge in [-0.25, -0.2) is 0 Å². The van der Waals surface area contributed by atoms with Gasteiger partial charge in [-0.05, 0) is 50.7 Å². The van der Waals surface area contributed by atoms with Crippen molar-refractivity contribution in [1.29, 1.82) is 0 Å². The molecule has 0 saturated heterocycles. The Morgan fingerprint density at radius 1 is 1.03 bits per heavy atom. The maximum absolute atomic E-state index is 12.9. The monoisotopic (exact) mass is 434 g/mol. The number of amides is 2. The molecule has 1 heterocycles. The van der Waals surface area contributed by atoms with Gasteiger partial charge in [0.05, 0.1) is 0 Å². The van der Waals surface area contributed by atoms with Crippen LogP contribution in [0.15, 0.2) is 59.1 Å². The predicted molar refractivity (Wildman–Crippen MR) is 124 cm³/mol. The first-order chi connectivity index (χ1) is 15.3. The van der Waals surface area contributed by atoms with E-state index in [0.29, 0.717) is 25.3 Å². The summed E-state index contributed by atoms with van der Waals surface area (Å²) < 4.78 is 5.40. The molecule has 3 aromatic rings. The van der Waals surface area contributed by atoms with E-state index in [9.17, 15) is 9.59 Å². The van der Waals surface area contributed by atoms with Crippen LogP contribution in [0.5, 0.6) is 0 Å². The lowest BCUT2D eigenvalue weighted by Gasteiger charge is -2.19. The van der Waals surface area contributed by atoms with E-state index in [1.54, 1.807) is 6.07 Å². The van der Waals surface area contributed by atoms with E-state index in [4.69, 9.17) is 4.52 Å². The minimum atomic E-state index is -0.728. The summed E-state index contributed by atoms with van der Waals surface area (Å²) in [6.07, 6.45) is 0.377. The van der Waals surface area contributed by atoms with Gasteiger partial charge in [-0.3, -0.25) is 9.59 Å². The molecular formula is C25H30N4O3. The van der Waals surface area contributed by atoms with Crippen molar-refractivity contribution in [2.75, 3.05) is 27.2 Å². The molecule has 7 nitrogen and oxygen atoms in total.